The Morgan fingerprint density at radius 1 is 1.14 bits per heavy atom. The van der Waals surface area contributed by atoms with Crippen molar-refractivity contribution in [2.75, 3.05) is 36.8 Å². The van der Waals surface area contributed by atoms with E-state index in [2.05, 4.69) is 14.8 Å². The first kappa shape index (κ1) is 26.3. The number of aromatic nitrogens is 1. The molecule has 2 aromatic carbocycles. The third-order valence-electron chi connectivity index (χ3n) is 6.68. The highest BCUT2D eigenvalue weighted by atomic mass is 32.2. The molecule has 1 saturated heterocycles. The molecule has 194 valence electrons. The van der Waals surface area contributed by atoms with E-state index in [0.29, 0.717) is 43.0 Å². The second-order valence-electron chi connectivity index (χ2n) is 9.17. The van der Waals surface area contributed by atoms with E-state index in [1.54, 1.807) is 6.07 Å². The van der Waals surface area contributed by atoms with Gasteiger partial charge in [0.2, 0.25) is 0 Å². The molecule has 0 spiro atoms. The van der Waals surface area contributed by atoms with Crippen LogP contribution in [0, 0.1) is 11.6 Å². The van der Waals surface area contributed by atoms with Crippen LogP contribution in [0.4, 0.5) is 33.5 Å². The minimum Gasteiger partial charge on any atom is -0.370 e. The SMILES string of the molecule is CN(C)C1(CCc2cccc(C(F)(F)F)c2)CCCN(c2cc(F)c(SNc3ccon3)c(F)c2)C1. The summed E-state index contributed by atoms with van der Waals surface area (Å²) in [6, 6.07) is 9.55. The molecule has 11 heteroatoms. The lowest BCUT2D eigenvalue weighted by Gasteiger charge is -2.48. The van der Waals surface area contributed by atoms with Crippen LogP contribution in [-0.4, -0.2) is 42.8 Å². The van der Waals surface area contributed by atoms with E-state index in [1.165, 1.54) is 36.6 Å². The Morgan fingerprint density at radius 2 is 1.89 bits per heavy atom. The first-order valence-corrected chi connectivity index (χ1v) is 12.3. The minimum absolute atomic E-state index is 0.179. The van der Waals surface area contributed by atoms with Crippen molar-refractivity contribution in [3.8, 4) is 0 Å². The van der Waals surface area contributed by atoms with E-state index in [9.17, 15) is 22.0 Å². The maximum absolute atomic E-state index is 14.9. The van der Waals surface area contributed by atoms with Crippen molar-refractivity contribution in [3.05, 3.63) is 71.5 Å². The van der Waals surface area contributed by atoms with E-state index in [-0.39, 0.29) is 10.4 Å². The van der Waals surface area contributed by atoms with Crippen molar-refractivity contribution < 1.29 is 26.5 Å². The Morgan fingerprint density at radius 3 is 2.53 bits per heavy atom. The fraction of sp³-hybridized carbons (Fsp3) is 0.400. The molecular weight excluding hydrogens is 499 g/mol. The highest BCUT2D eigenvalue weighted by Gasteiger charge is 2.38. The Hall–Kier alpha value is -2.79. The number of hydrogen-bond donors (Lipinski definition) is 1. The van der Waals surface area contributed by atoms with Gasteiger partial charge in [-0.3, -0.25) is 0 Å². The number of alkyl halides is 3. The number of nitrogens with zero attached hydrogens (tertiary/aromatic N) is 3. The normalized spacial score (nSPS) is 18.6. The lowest BCUT2D eigenvalue weighted by Crippen LogP contribution is -2.56. The van der Waals surface area contributed by atoms with Crippen molar-refractivity contribution >= 4 is 23.5 Å². The van der Waals surface area contributed by atoms with Gasteiger partial charge in [-0.2, -0.15) is 13.2 Å². The minimum atomic E-state index is -4.39. The van der Waals surface area contributed by atoms with Crippen molar-refractivity contribution in [1.82, 2.24) is 10.1 Å². The molecule has 36 heavy (non-hydrogen) atoms. The van der Waals surface area contributed by atoms with Gasteiger partial charge in [-0.1, -0.05) is 23.4 Å². The molecule has 0 radical (unpaired) electrons. The summed E-state index contributed by atoms with van der Waals surface area (Å²) in [6.07, 6.45) is -0.358. The van der Waals surface area contributed by atoms with Gasteiger partial charge in [0.05, 0.1) is 5.56 Å². The molecular formula is C25H27F5N4OS. The van der Waals surface area contributed by atoms with Gasteiger partial charge in [0.15, 0.2) is 5.82 Å². The molecule has 1 atom stereocenters. The average Bonchev–Trinajstić information content (AvgIpc) is 3.35. The molecule has 3 aromatic rings. The number of halogens is 5. The molecule has 1 aliphatic rings. The van der Waals surface area contributed by atoms with Gasteiger partial charge in [-0.15, -0.1) is 0 Å². The van der Waals surface area contributed by atoms with Crippen LogP contribution in [0.3, 0.4) is 0 Å². The number of piperidine rings is 1. The number of hydrogen-bond acceptors (Lipinski definition) is 6. The molecule has 0 bridgehead atoms. The summed E-state index contributed by atoms with van der Waals surface area (Å²) in [5.74, 6) is -1.05. The van der Waals surface area contributed by atoms with Gasteiger partial charge >= 0.3 is 6.18 Å². The Kier molecular flexibility index (Phi) is 7.79. The quantitative estimate of drug-likeness (QED) is 0.263. The summed E-state index contributed by atoms with van der Waals surface area (Å²) in [5, 5.41) is 3.65. The largest absolute Gasteiger partial charge is 0.416 e. The van der Waals surface area contributed by atoms with Crippen molar-refractivity contribution in [2.24, 2.45) is 0 Å². The monoisotopic (exact) mass is 526 g/mol. The highest BCUT2D eigenvalue weighted by molar-refractivity contribution is 8.00. The topological polar surface area (TPSA) is 44.5 Å². The second-order valence-corrected chi connectivity index (χ2v) is 9.99. The van der Waals surface area contributed by atoms with Gasteiger partial charge in [-0.25, -0.2) is 8.78 Å². The van der Waals surface area contributed by atoms with Crippen molar-refractivity contribution in [3.63, 3.8) is 0 Å². The number of aryl methyl sites for hydroxylation is 1. The molecule has 2 heterocycles. The zero-order valence-corrected chi connectivity index (χ0v) is 20.7. The molecule has 0 aliphatic carbocycles. The fourth-order valence-electron chi connectivity index (χ4n) is 4.60. The summed E-state index contributed by atoms with van der Waals surface area (Å²) in [7, 11) is 3.87. The van der Waals surface area contributed by atoms with Crippen molar-refractivity contribution in [1.29, 1.82) is 0 Å². The number of anilines is 2. The number of nitrogens with one attached hydrogen (secondary N) is 1. The van der Waals surface area contributed by atoms with Crippen molar-refractivity contribution in [2.45, 2.75) is 42.3 Å². The highest BCUT2D eigenvalue weighted by Crippen LogP contribution is 2.36. The predicted molar refractivity (Wildman–Crippen MR) is 130 cm³/mol. The molecule has 1 aromatic heterocycles. The Balaban J connectivity index is 1.49. The number of rotatable bonds is 8. The lowest BCUT2D eigenvalue weighted by molar-refractivity contribution is -0.137. The summed E-state index contributed by atoms with van der Waals surface area (Å²) in [6.45, 7) is 1.13. The molecule has 1 aliphatic heterocycles. The van der Waals surface area contributed by atoms with Crippen LogP contribution in [0.5, 0.6) is 0 Å². The van der Waals surface area contributed by atoms with Crippen LogP contribution in [0.15, 0.2) is 58.1 Å². The van der Waals surface area contributed by atoms with Crippen LogP contribution >= 0.6 is 11.9 Å². The molecule has 1 fully saturated rings. The summed E-state index contributed by atoms with van der Waals surface area (Å²) < 4.78 is 76.6. The van der Waals surface area contributed by atoms with Gasteiger partial charge in [-0.05, 0) is 75.5 Å². The Bertz CT molecular complexity index is 1150. The smallest absolute Gasteiger partial charge is 0.370 e. The lowest BCUT2D eigenvalue weighted by atomic mass is 9.82. The van der Waals surface area contributed by atoms with E-state index in [4.69, 9.17) is 4.52 Å². The second kappa shape index (κ2) is 10.7. The molecule has 1 N–H and O–H groups in total. The third kappa shape index (κ3) is 5.95. The van der Waals surface area contributed by atoms with E-state index >= 15 is 0 Å². The first-order valence-electron chi connectivity index (χ1n) is 11.5. The van der Waals surface area contributed by atoms with Gasteiger partial charge < -0.3 is 19.0 Å². The predicted octanol–water partition coefficient (Wildman–Crippen LogP) is 6.62. The van der Waals surface area contributed by atoms with Gasteiger partial charge in [0.1, 0.15) is 22.8 Å². The van der Waals surface area contributed by atoms with Crippen LogP contribution in [0.25, 0.3) is 0 Å². The average molecular weight is 527 g/mol. The van der Waals surface area contributed by atoms with Crippen LogP contribution < -0.4 is 9.62 Å². The summed E-state index contributed by atoms with van der Waals surface area (Å²) in [5.41, 5.74) is 0.0228. The number of likely N-dealkylation sites (N-methyl/N-ethyl adjacent to an activating group) is 1. The maximum atomic E-state index is 14.9. The zero-order valence-electron chi connectivity index (χ0n) is 19.9. The molecule has 0 amide bonds. The molecule has 4 rings (SSSR count). The van der Waals surface area contributed by atoms with Crippen LogP contribution in [0.1, 0.15) is 30.4 Å². The zero-order chi connectivity index (χ0) is 25.9. The van der Waals surface area contributed by atoms with Gasteiger partial charge in [0, 0.05) is 30.4 Å². The van der Waals surface area contributed by atoms with Crippen LogP contribution in [-0.2, 0) is 12.6 Å². The van der Waals surface area contributed by atoms with E-state index < -0.39 is 23.4 Å². The standard InChI is InChI=1S/C25H27F5N4OS/c1-33(2)24(10-7-17-5-3-6-18(13-17)25(28,29)30)9-4-11-34(16-24)19-14-20(26)23(21(27)15-19)36-32-22-8-12-35-31-22/h3,5-6,8,12-15H,4,7,9-11,16H2,1-2H3,(H,31,32). The summed E-state index contributed by atoms with van der Waals surface area (Å²) in [4.78, 5) is 3.84. The maximum Gasteiger partial charge on any atom is 0.416 e. The van der Waals surface area contributed by atoms with E-state index in [0.717, 1.165) is 30.9 Å². The molecule has 0 saturated carbocycles. The molecule has 5 nitrogen and oxygen atoms in total. The summed E-state index contributed by atoms with van der Waals surface area (Å²) >= 11 is 0.771. The Labute approximate surface area is 210 Å². The number of benzene rings is 2. The van der Waals surface area contributed by atoms with E-state index in [1.807, 2.05) is 19.0 Å². The van der Waals surface area contributed by atoms with Gasteiger partial charge in [0.25, 0.3) is 0 Å². The fourth-order valence-corrected chi connectivity index (χ4v) is 5.23. The third-order valence-corrected chi connectivity index (χ3v) is 7.59. The van der Waals surface area contributed by atoms with Crippen LogP contribution in [0.2, 0.25) is 0 Å². The molecule has 1 unspecified atom stereocenters. The first-order chi connectivity index (χ1) is 17.1.